The van der Waals surface area contributed by atoms with Gasteiger partial charge in [-0.05, 0) is 6.07 Å². The second kappa shape index (κ2) is 3.69. The first-order chi connectivity index (χ1) is 6.38. The van der Waals surface area contributed by atoms with Gasteiger partial charge in [0, 0.05) is 12.4 Å². The Bertz CT molecular complexity index is 353. The number of amides is 1. The predicted molar refractivity (Wildman–Crippen MR) is 45.5 cm³/mol. The SMILES string of the molecule is NC(=O)c1cncc(C[B-](F)(F)F)c1. The van der Waals surface area contributed by atoms with E-state index in [1.54, 1.807) is 0 Å². The minimum absolute atomic E-state index is 0.0115. The summed E-state index contributed by atoms with van der Waals surface area (Å²) in [7, 11) is 0. The zero-order chi connectivity index (χ0) is 10.8. The van der Waals surface area contributed by atoms with Gasteiger partial charge in [0.1, 0.15) is 0 Å². The van der Waals surface area contributed by atoms with Gasteiger partial charge in [-0.3, -0.25) is 9.78 Å². The molecule has 1 aromatic rings. The predicted octanol–water partition coefficient (Wildman–Crippen LogP) is 1.11. The van der Waals surface area contributed by atoms with E-state index in [-0.39, 0.29) is 11.1 Å². The van der Waals surface area contributed by atoms with Crippen LogP contribution in [0.4, 0.5) is 12.9 Å². The summed E-state index contributed by atoms with van der Waals surface area (Å²) in [6, 6.07) is 1.10. The largest absolute Gasteiger partial charge is 0.482 e. The lowest BCUT2D eigenvalue weighted by molar-refractivity contribution is 0.1000. The Hall–Kier alpha value is -1.53. The molecule has 0 saturated heterocycles. The Morgan fingerprint density at radius 1 is 1.43 bits per heavy atom. The molecule has 0 atom stereocenters. The lowest BCUT2D eigenvalue weighted by Crippen LogP contribution is -2.20. The Balaban J connectivity index is 2.89. The van der Waals surface area contributed by atoms with Crippen molar-refractivity contribution in [1.29, 1.82) is 0 Å². The average Bonchev–Trinajstić information content (AvgIpc) is 2.01. The third-order valence-electron chi connectivity index (χ3n) is 1.55. The van der Waals surface area contributed by atoms with Crippen molar-refractivity contribution in [1.82, 2.24) is 4.98 Å². The number of pyridine rings is 1. The third kappa shape index (κ3) is 3.08. The number of carbonyl (C=O) groups excluding carboxylic acids is 1. The van der Waals surface area contributed by atoms with Crippen LogP contribution in [0.3, 0.4) is 0 Å². The fourth-order valence-corrected chi connectivity index (χ4v) is 1.00. The highest BCUT2D eigenvalue weighted by Gasteiger charge is 2.23. The zero-order valence-corrected chi connectivity index (χ0v) is 7.08. The fourth-order valence-electron chi connectivity index (χ4n) is 1.00. The Morgan fingerprint density at radius 3 is 2.57 bits per heavy atom. The van der Waals surface area contributed by atoms with Crippen LogP contribution in [-0.2, 0) is 6.32 Å². The van der Waals surface area contributed by atoms with E-state index >= 15 is 0 Å². The summed E-state index contributed by atoms with van der Waals surface area (Å²) in [5, 5.41) is 0. The van der Waals surface area contributed by atoms with Gasteiger partial charge in [-0.1, -0.05) is 11.9 Å². The fraction of sp³-hybridized carbons (Fsp3) is 0.143. The van der Waals surface area contributed by atoms with Crippen molar-refractivity contribution < 1.29 is 17.7 Å². The first-order valence-corrected chi connectivity index (χ1v) is 3.83. The topological polar surface area (TPSA) is 56.0 Å². The highest BCUT2D eigenvalue weighted by molar-refractivity contribution is 6.57. The van der Waals surface area contributed by atoms with Gasteiger partial charge >= 0.3 is 6.98 Å². The molecule has 3 nitrogen and oxygen atoms in total. The molecule has 76 valence electrons. The highest BCUT2D eigenvalue weighted by atomic mass is 19.4. The van der Waals surface area contributed by atoms with Gasteiger partial charge in [0.15, 0.2) is 0 Å². The third-order valence-corrected chi connectivity index (χ3v) is 1.55. The summed E-state index contributed by atoms with van der Waals surface area (Å²) in [5.41, 5.74) is 4.83. The first kappa shape index (κ1) is 10.6. The summed E-state index contributed by atoms with van der Waals surface area (Å²) in [6.07, 6.45) is 1.16. The molecule has 2 N–H and O–H groups in total. The maximum absolute atomic E-state index is 12.0. The van der Waals surface area contributed by atoms with Crippen molar-refractivity contribution in [2.24, 2.45) is 5.73 Å². The van der Waals surface area contributed by atoms with E-state index in [9.17, 15) is 17.7 Å². The molecule has 0 unspecified atom stereocenters. The van der Waals surface area contributed by atoms with Crippen LogP contribution in [0.5, 0.6) is 0 Å². The molecule has 7 heteroatoms. The van der Waals surface area contributed by atoms with E-state index in [2.05, 4.69) is 4.98 Å². The molecule has 0 aliphatic rings. The summed E-state index contributed by atoms with van der Waals surface area (Å²) in [4.78, 5) is 14.1. The Morgan fingerprint density at radius 2 is 2.07 bits per heavy atom. The van der Waals surface area contributed by atoms with Crippen LogP contribution in [0.2, 0.25) is 0 Å². The molecular formula is C7H7BF3N2O-. The maximum Gasteiger partial charge on any atom is 0.482 e. The lowest BCUT2D eigenvalue weighted by atomic mass is 9.82. The van der Waals surface area contributed by atoms with Crippen LogP contribution >= 0.6 is 0 Å². The number of hydrogen-bond acceptors (Lipinski definition) is 2. The summed E-state index contributed by atoms with van der Waals surface area (Å²) >= 11 is 0. The molecule has 0 aliphatic heterocycles. The van der Waals surface area contributed by atoms with Gasteiger partial charge < -0.3 is 18.7 Å². The molecule has 1 amide bonds. The summed E-state index contributed by atoms with van der Waals surface area (Å²) in [5.74, 6) is -0.783. The van der Waals surface area contributed by atoms with E-state index in [1.165, 1.54) is 0 Å². The molecule has 1 heterocycles. The van der Waals surface area contributed by atoms with Gasteiger partial charge in [-0.15, -0.1) is 0 Å². The molecule has 14 heavy (non-hydrogen) atoms. The van der Waals surface area contributed by atoms with Gasteiger partial charge in [0.05, 0.1) is 5.56 Å². The van der Waals surface area contributed by atoms with Gasteiger partial charge in [-0.25, -0.2) is 0 Å². The molecule has 0 aliphatic carbocycles. The second-order valence-corrected chi connectivity index (χ2v) is 2.86. The number of aromatic nitrogens is 1. The van der Waals surface area contributed by atoms with Crippen molar-refractivity contribution >= 4 is 12.9 Å². The minimum atomic E-state index is -4.91. The Kier molecular flexibility index (Phi) is 2.78. The van der Waals surface area contributed by atoms with Crippen molar-refractivity contribution in [2.75, 3.05) is 0 Å². The van der Waals surface area contributed by atoms with Gasteiger partial charge in [0.25, 0.3) is 0 Å². The van der Waals surface area contributed by atoms with Crippen molar-refractivity contribution in [2.45, 2.75) is 6.32 Å². The van der Waals surface area contributed by atoms with Gasteiger partial charge in [-0.2, -0.15) is 0 Å². The number of primary amides is 1. The van der Waals surface area contributed by atoms with Crippen molar-refractivity contribution in [3.63, 3.8) is 0 Å². The standard InChI is InChI=1S/C7H7BF3N2O/c9-8(10,11)2-5-1-6(7(12)14)4-13-3-5/h1,3-4H,2H2,(H2,12,14)/q-1. The number of rotatable bonds is 3. The molecule has 1 rings (SSSR count). The first-order valence-electron chi connectivity index (χ1n) is 3.83. The highest BCUT2D eigenvalue weighted by Crippen LogP contribution is 2.16. The average molecular weight is 203 g/mol. The summed E-state index contributed by atoms with van der Waals surface area (Å²) in [6.45, 7) is -4.91. The van der Waals surface area contributed by atoms with E-state index in [0.717, 1.165) is 18.5 Å². The number of nitrogens with zero attached hydrogens (tertiary/aromatic N) is 1. The van der Waals surface area contributed by atoms with E-state index in [4.69, 9.17) is 5.73 Å². The van der Waals surface area contributed by atoms with Crippen LogP contribution in [-0.4, -0.2) is 17.9 Å². The number of hydrogen-bond donors (Lipinski definition) is 1. The van der Waals surface area contributed by atoms with Crippen molar-refractivity contribution in [3.8, 4) is 0 Å². The molecule has 0 bridgehead atoms. The second-order valence-electron chi connectivity index (χ2n) is 2.86. The van der Waals surface area contributed by atoms with Crippen molar-refractivity contribution in [3.05, 3.63) is 29.6 Å². The number of nitrogens with two attached hydrogens (primary N) is 1. The van der Waals surface area contributed by atoms with E-state index in [0.29, 0.717) is 0 Å². The molecule has 0 fully saturated rings. The Labute approximate surface area is 78.2 Å². The normalized spacial score (nSPS) is 11.4. The number of carbonyl (C=O) groups is 1. The van der Waals surface area contributed by atoms with Crippen LogP contribution in [0.25, 0.3) is 0 Å². The van der Waals surface area contributed by atoms with Gasteiger partial charge in [0.2, 0.25) is 5.91 Å². The zero-order valence-electron chi connectivity index (χ0n) is 7.08. The quantitative estimate of drug-likeness (QED) is 0.748. The number of halogens is 3. The molecular weight excluding hydrogens is 196 g/mol. The molecule has 0 aromatic carbocycles. The summed E-state index contributed by atoms with van der Waals surface area (Å²) < 4.78 is 36.0. The smallest absolute Gasteiger partial charge is 0.449 e. The minimum Gasteiger partial charge on any atom is -0.449 e. The molecule has 0 spiro atoms. The van der Waals surface area contributed by atoms with E-state index < -0.39 is 19.2 Å². The van der Waals surface area contributed by atoms with Crippen LogP contribution in [0.15, 0.2) is 18.5 Å². The lowest BCUT2D eigenvalue weighted by Gasteiger charge is -2.13. The van der Waals surface area contributed by atoms with Crippen LogP contribution < -0.4 is 5.73 Å². The molecule has 0 radical (unpaired) electrons. The van der Waals surface area contributed by atoms with Crippen LogP contribution in [0, 0.1) is 0 Å². The molecule has 1 aromatic heterocycles. The van der Waals surface area contributed by atoms with Crippen LogP contribution in [0.1, 0.15) is 15.9 Å². The van der Waals surface area contributed by atoms with E-state index in [1.807, 2.05) is 0 Å². The monoisotopic (exact) mass is 203 g/mol. The maximum atomic E-state index is 12.0. The molecule has 0 saturated carbocycles.